The predicted molar refractivity (Wildman–Crippen MR) is 103 cm³/mol. The molecule has 0 aliphatic carbocycles. The van der Waals surface area contributed by atoms with Crippen molar-refractivity contribution >= 4 is 24.3 Å². The number of halogens is 2. The first-order valence-corrected chi connectivity index (χ1v) is 8.91. The van der Waals surface area contributed by atoms with Gasteiger partial charge in [0.05, 0.1) is 6.61 Å². The number of ether oxygens (including phenoxy) is 1. The standard InChI is InChI=1S/C18H24FN5O2.ClH/c1-24-18(22-17(23-24)13-8-10-20-11-9-13)21-16(25)3-2-12-26-15-6-4-14(19)5-7-15;/h4-7,13,20H,2-3,8-12H2,1H3,(H,21,22,23,25);1H. The van der Waals surface area contributed by atoms with Gasteiger partial charge in [-0.05, 0) is 56.6 Å². The van der Waals surface area contributed by atoms with Gasteiger partial charge in [-0.15, -0.1) is 12.4 Å². The van der Waals surface area contributed by atoms with E-state index in [1.54, 1.807) is 23.9 Å². The Hall–Kier alpha value is -2.19. The predicted octanol–water partition coefficient (Wildman–Crippen LogP) is 2.64. The minimum Gasteiger partial charge on any atom is -0.494 e. The summed E-state index contributed by atoms with van der Waals surface area (Å²) in [5.74, 6) is 1.78. The van der Waals surface area contributed by atoms with Gasteiger partial charge < -0.3 is 10.1 Å². The minimum absolute atomic E-state index is 0. The highest BCUT2D eigenvalue weighted by molar-refractivity contribution is 5.88. The number of nitrogens with one attached hydrogen (secondary N) is 2. The van der Waals surface area contributed by atoms with E-state index < -0.39 is 0 Å². The highest BCUT2D eigenvalue weighted by Gasteiger charge is 2.21. The highest BCUT2D eigenvalue weighted by Crippen LogP contribution is 2.23. The van der Waals surface area contributed by atoms with Crippen LogP contribution >= 0.6 is 12.4 Å². The maximum absolute atomic E-state index is 12.8. The second-order valence-corrected chi connectivity index (χ2v) is 6.40. The topological polar surface area (TPSA) is 81.1 Å². The van der Waals surface area contributed by atoms with Crippen molar-refractivity contribution in [3.8, 4) is 5.75 Å². The molecule has 1 fully saturated rings. The van der Waals surface area contributed by atoms with E-state index in [-0.39, 0.29) is 24.1 Å². The first-order valence-electron chi connectivity index (χ1n) is 8.91. The minimum atomic E-state index is -0.302. The molecular formula is C18H25ClFN5O2. The van der Waals surface area contributed by atoms with Crippen LogP contribution in [0.25, 0.3) is 0 Å². The molecule has 9 heteroatoms. The normalized spacial score (nSPS) is 14.4. The van der Waals surface area contributed by atoms with Crippen molar-refractivity contribution in [3.63, 3.8) is 0 Å². The van der Waals surface area contributed by atoms with Crippen molar-refractivity contribution in [2.75, 3.05) is 25.0 Å². The van der Waals surface area contributed by atoms with Gasteiger partial charge in [0.1, 0.15) is 11.6 Å². The summed E-state index contributed by atoms with van der Waals surface area (Å²) >= 11 is 0. The van der Waals surface area contributed by atoms with Gasteiger partial charge in [-0.3, -0.25) is 10.1 Å². The zero-order chi connectivity index (χ0) is 18.4. The fourth-order valence-corrected chi connectivity index (χ4v) is 2.91. The Morgan fingerprint density at radius 1 is 1.33 bits per heavy atom. The van der Waals surface area contributed by atoms with Crippen molar-refractivity contribution in [1.82, 2.24) is 20.1 Å². The average molecular weight is 398 g/mol. The number of anilines is 1. The van der Waals surface area contributed by atoms with Gasteiger partial charge in [0.15, 0.2) is 5.82 Å². The van der Waals surface area contributed by atoms with Gasteiger partial charge in [-0.1, -0.05) is 0 Å². The van der Waals surface area contributed by atoms with Crippen LogP contribution < -0.4 is 15.4 Å². The van der Waals surface area contributed by atoms with Gasteiger partial charge in [-0.2, -0.15) is 10.1 Å². The molecule has 1 aromatic heterocycles. The zero-order valence-corrected chi connectivity index (χ0v) is 16.1. The van der Waals surface area contributed by atoms with Gasteiger partial charge >= 0.3 is 0 Å². The molecule has 2 heterocycles. The summed E-state index contributed by atoms with van der Waals surface area (Å²) in [6, 6.07) is 5.82. The lowest BCUT2D eigenvalue weighted by molar-refractivity contribution is -0.116. The van der Waals surface area contributed by atoms with Crippen LogP contribution in [0, 0.1) is 5.82 Å². The molecule has 1 aliphatic heterocycles. The van der Waals surface area contributed by atoms with Gasteiger partial charge in [-0.25, -0.2) is 9.07 Å². The molecule has 1 saturated heterocycles. The van der Waals surface area contributed by atoms with E-state index in [9.17, 15) is 9.18 Å². The van der Waals surface area contributed by atoms with E-state index in [4.69, 9.17) is 4.74 Å². The van der Waals surface area contributed by atoms with E-state index in [1.165, 1.54) is 12.1 Å². The van der Waals surface area contributed by atoms with E-state index in [2.05, 4.69) is 20.7 Å². The summed E-state index contributed by atoms with van der Waals surface area (Å²) in [6.07, 6.45) is 2.90. The Morgan fingerprint density at radius 2 is 2.04 bits per heavy atom. The summed E-state index contributed by atoms with van der Waals surface area (Å²) in [5.41, 5.74) is 0. The smallest absolute Gasteiger partial charge is 0.227 e. The largest absolute Gasteiger partial charge is 0.494 e. The van der Waals surface area contributed by atoms with Crippen LogP contribution in [0.3, 0.4) is 0 Å². The Labute approximate surface area is 164 Å². The summed E-state index contributed by atoms with van der Waals surface area (Å²) in [4.78, 5) is 16.6. The molecule has 1 aliphatic rings. The first-order chi connectivity index (χ1) is 12.6. The van der Waals surface area contributed by atoms with E-state index in [0.717, 1.165) is 31.8 Å². The van der Waals surface area contributed by atoms with Crippen LogP contribution in [0.1, 0.15) is 37.4 Å². The van der Waals surface area contributed by atoms with Crippen LogP contribution in [-0.2, 0) is 11.8 Å². The fraction of sp³-hybridized carbons (Fsp3) is 0.500. The number of aryl methyl sites for hydroxylation is 1. The number of aromatic nitrogens is 3. The van der Waals surface area contributed by atoms with Crippen molar-refractivity contribution in [2.45, 2.75) is 31.6 Å². The molecule has 0 atom stereocenters. The fourth-order valence-electron chi connectivity index (χ4n) is 2.91. The molecule has 1 aromatic carbocycles. The zero-order valence-electron chi connectivity index (χ0n) is 15.3. The molecule has 0 radical (unpaired) electrons. The lowest BCUT2D eigenvalue weighted by Gasteiger charge is -2.19. The number of hydrogen-bond donors (Lipinski definition) is 2. The lowest BCUT2D eigenvalue weighted by Crippen LogP contribution is -2.27. The highest BCUT2D eigenvalue weighted by atomic mass is 35.5. The molecular weight excluding hydrogens is 373 g/mol. The second kappa shape index (κ2) is 10.2. The molecule has 0 bridgehead atoms. The molecule has 3 rings (SSSR count). The number of nitrogens with zero attached hydrogens (tertiary/aromatic N) is 3. The molecule has 0 saturated carbocycles. The molecule has 27 heavy (non-hydrogen) atoms. The maximum Gasteiger partial charge on any atom is 0.227 e. The number of hydrogen-bond acceptors (Lipinski definition) is 5. The van der Waals surface area contributed by atoms with Crippen molar-refractivity contribution in [3.05, 3.63) is 35.9 Å². The summed E-state index contributed by atoms with van der Waals surface area (Å²) in [5, 5.41) is 10.6. The lowest BCUT2D eigenvalue weighted by atomic mass is 9.98. The van der Waals surface area contributed by atoms with Crippen LogP contribution in [0.2, 0.25) is 0 Å². The van der Waals surface area contributed by atoms with Crippen LogP contribution in [-0.4, -0.2) is 40.4 Å². The number of carbonyl (C=O) groups is 1. The summed E-state index contributed by atoms with van der Waals surface area (Å²) in [6.45, 7) is 2.33. The molecule has 7 nitrogen and oxygen atoms in total. The SMILES string of the molecule is Cl.Cn1nc(C2CCNCC2)nc1NC(=O)CCCOc1ccc(F)cc1. The van der Waals surface area contributed by atoms with Crippen molar-refractivity contribution in [1.29, 1.82) is 0 Å². The molecule has 2 N–H and O–H groups in total. The van der Waals surface area contributed by atoms with E-state index in [0.29, 0.717) is 37.1 Å². The number of carbonyl (C=O) groups excluding carboxylic acids is 1. The maximum atomic E-state index is 12.8. The Bertz CT molecular complexity index is 732. The third-order valence-corrected chi connectivity index (χ3v) is 4.37. The quantitative estimate of drug-likeness (QED) is 0.702. The van der Waals surface area contributed by atoms with Gasteiger partial charge in [0.25, 0.3) is 0 Å². The number of rotatable bonds is 7. The van der Waals surface area contributed by atoms with Crippen LogP contribution in [0.4, 0.5) is 10.3 Å². The van der Waals surface area contributed by atoms with Crippen LogP contribution in [0.15, 0.2) is 24.3 Å². The van der Waals surface area contributed by atoms with E-state index >= 15 is 0 Å². The monoisotopic (exact) mass is 397 g/mol. The molecule has 0 unspecified atom stereocenters. The summed E-state index contributed by atoms with van der Waals surface area (Å²) < 4.78 is 19.9. The average Bonchev–Trinajstić information content (AvgIpc) is 3.01. The van der Waals surface area contributed by atoms with E-state index in [1.807, 2.05) is 0 Å². The number of benzene rings is 1. The third kappa shape index (κ3) is 6.18. The second-order valence-electron chi connectivity index (χ2n) is 6.40. The first kappa shape index (κ1) is 21.1. The van der Waals surface area contributed by atoms with Gasteiger partial charge in [0, 0.05) is 19.4 Å². The molecule has 148 valence electrons. The summed E-state index contributed by atoms with van der Waals surface area (Å²) in [7, 11) is 1.78. The molecule has 1 amide bonds. The Balaban J connectivity index is 0.00000261. The Morgan fingerprint density at radius 3 is 2.74 bits per heavy atom. The van der Waals surface area contributed by atoms with Crippen LogP contribution in [0.5, 0.6) is 5.75 Å². The Kier molecular flexibility index (Phi) is 7.99. The van der Waals surface area contributed by atoms with Gasteiger partial charge in [0.2, 0.25) is 11.9 Å². The molecule has 0 spiro atoms. The molecule has 2 aromatic rings. The van der Waals surface area contributed by atoms with Crippen molar-refractivity contribution < 1.29 is 13.9 Å². The third-order valence-electron chi connectivity index (χ3n) is 4.37. The van der Waals surface area contributed by atoms with Crippen molar-refractivity contribution in [2.24, 2.45) is 7.05 Å². The number of amides is 1. The number of piperidine rings is 1.